The van der Waals surface area contributed by atoms with Crippen LogP contribution in [0.15, 0.2) is 54.9 Å². The summed E-state index contributed by atoms with van der Waals surface area (Å²) < 4.78 is 0. The lowest BCUT2D eigenvalue weighted by Crippen LogP contribution is -2.14. The van der Waals surface area contributed by atoms with Gasteiger partial charge in [-0.2, -0.15) is 0 Å². The Labute approximate surface area is 122 Å². The van der Waals surface area contributed by atoms with Gasteiger partial charge in [-0.1, -0.05) is 18.2 Å². The smallest absolute Gasteiger partial charge is 0.274 e. The Hall–Kier alpha value is -2.95. The zero-order valence-corrected chi connectivity index (χ0v) is 11.5. The Morgan fingerprint density at radius 3 is 2.81 bits per heavy atom. The van der Waals surface area contributed by atoms with Crippen molar-refractivity contribution in [3.8, 4) is 0 Å². The zero-order valence-electron chi connectivity index (χ0n) is 11.5. The number of fused-ring (bicyclic) bond motifs is 1. The SMILES string of the molecule is CNc1cccc(C(=O)Nc2cccc3ccncc23)n1. The summed E-state index contributed by atoms with van der Waals surface area (Å²) in [6.45, 7) is 0. The van der Waals surface area contributed by atoms with Crippen molar-refractivity contribution in [2.75, 3.05) is 17.7 Å². The topological polar surface area (TPSA) is 66.9 Å². The first-order valence-corrected chi connectivity index (χ1v) is 6.57. The first-order valence-electron chi connectivity index (χ1n) is 6.57. The van der Waals surface area contributed by atoms with Crippen molar-refractivity contribution < 1.29 is 4.79 Å². The van der Waals surface area contributed by atoms with E-state index in [0.717, 1.165) is 16.5 Å². The average Bonchev–Trinajstić information content (AvgIpc) is 2.55. The van der Waals surface area contributed by atoms with Gasteiger partial charge in [0.15, 0.2) is 0 Å². The summed E-state index contributed by atoms with van der Waals surface area (Å²) in [6, 6.07) is 12.9. The van der Waals surface area contributed by atoms with E-state index in [0.29, 0.717) is 11.5 Å². The molecule has 0 spiro atoms. The fraction of sp³-hybridized carbons (Fsp3) is 0.0625. The van der Waals surface area contributed by atoms with Crippen LogP contribution in [-0.2, 0) is 0 Å². The second kappa shape index (κ2) is 5.58. The van der Waals surface area contributed by atoms with E-state index >= 15 is 0 Å². The van der Waals surface area contributed by atoms with E-state index in [1.54, 1.807) is 37.6 Å². The van der Waals surface area contributed by atoms with E-state index in [1.165, 1.54) is 0 Å². The number of nitrogens with zero attached hydrogens (tertiary/aromatic N) is 2. The number of benzene rings is 1. The molecule has 5 nitrogen and oxygen atoms in total. The van der Waals surface area contributed by atoms with Gasteiger partial charge in [0.2, 0.25) is 0 Å². The molecule has 1 aromatic carbocycles. The molecule has 2 N–H and O–H groups in total. The first-order chi connectivity index (χ1) is 10.3. The largest absolute Gasteiger partial charge is 0.373 e. The fourth-order valence-electron chi connectivity index (χ4n) is 2.11. The maximum atomic E-state index is 12.3. The molecule has 0 aliphatic carbocycles. The molecule has 0 saturated heterocycles. The third-order valence-corrected chi connectivity index (χ3v) is 3.17. The van der Waals surface area contributed by atoms with Gasteiger partial charge in [-0.05, 0) is 29.7 Å². The van der Waals surface area contributed by atoms with Crippen molar-refractivity contribution >= 4 is 28.2 Å². The summed E-state index contributed by atoms with van der Waals surface area (Å²) >= 11 is 0. The van der Waals surface area contributed by atoms with Crippen LogP contribution in [0.3, 0.4) is 0 Å². The maximum absolute atomic E-state index is 12.3. The number of nitrogens with one attached hydrogen (secondary N) is 2. The molecule has 0 atom stereocenters. The molecule has 0 aliphatic heterocycles. The number of anilines is 2. The number of amides is 1. The van der Waals surface area contributed by atoms with Gasteiger partial charge in [0.1, 0.15) is 11.5 Å². The molecule has 3 rings (SSSR count). The number of carbonyl (C=O) groups excluding carboxylic acids is 1. The highest BCUT2D eigenvalue weighted by atomic mass is 16.1. The summed E-state index contributed by atoms with van der Waals surface area (Å²) in [6.07, 6.45) is 3.47. The molecular weight excluding hydrogens is 264 g/mol. The Morgan fingerprint density at radius 1 is 1.10 bits per heavy atom. The van der Waals surface area contributed by atoms with Gasteiger partial charge in [-0.3, -0.25) is 9.78 Å². The van der Waals surface area contributed by atoms with Crippen LogP contribution in [0.4, 0.5) is 11.5 Å². The third kappa shape index (κ3) is 2.67. The van der Waals surface area contributed by atoms with Gasteiger partial charge < -0.3 is 10.6 Å². The van der Waals surface area contributed by atoms with Crippen LogP contribution in [0.5, 0.6) is 0 Å². The van der Waals surface area contributed by atoms with Crippen LogP contribution in [0.2, 0.25) is 0 Å². The summed E-state index contributed by atoms with van der Waals surface area (Å²) in [5, 5.41) is 7.73. The predicted octanol–water partition coefficient (Wildman–Crippen LogP) is 2.92. The van der Waals surface area contributed by atoms with Crippen molar-refractivity contribution in [2.45, 2.75) is 0 Å². The number of pyridine rings is 2. The molecule has 2 heterocycles. The van der Waals surface area contributed by atoms with Crippen LogP contribution in [0, 0.1) is 0 Å². The van der Waals surface area contributed by atoms with Crippen molar-refractivity contribution in [3.63, 3.8) is 0 Å². The molecular formula is C16H14N4O. The molecule has 2 aromatic heterocycles. The number of hydrogen-bond donors (Lipinski definition) is 2. The van der Waals surface area contributed by atoms with E-state index in [-0.39, 0.29) is 5.91 Å². The van der Waals surface area contributed by atoms with E-state index in [1.807, 2.05) is 24.3 Å². The lowest BCUT2D eigenvalue weighted by atomic mass is 10.1. The maximum Gasteiger partial charge on any atom is 0.274 e. The van der Waals surface area contributed by atoms with Crippen molar-refractivity contribution in [1.29, 1.82) is 0 Å². The van der Waals surface area contributed by atoms with Gasteiger partial charge >= 0.3 is 0 Å². The van der Waals surface area contributed by atoms with Gasteiger partial charge in [0.05, 0.1) is 5.69 Å². The molecule has 21 heavy (non-hydrogen) atoms. The van der Waals surface area contributed by atoms with E-state index in [4.69, 9.17) is 0 Å². The highest BCUT2D eigenvalue weighted by Gasteiger charge is 2.10. The van der Waals surface area contributed by atoms with Crippen molar-refractivity contribution in [3.05, 3.63) is 60.6 Å². The quantitative estimate of drug-likeness (QED) is 0.773. The van der Waals surface area contributed by atoms with Crippen molar-refractivity contribution in [1.82, 2.24) is 9.97 Å². The van der Waals surface area contributed by atoms with Crippen LogP contribution >= 0.6 is 0 Å². The van der Waals surface area contributed by atoms with Crippen LogP contribution in [-0.4, -0.2) is 22.9 Å². The van der Waals surface area contributed by atoms with Gasteiger partial charge in [0.25, 0.3) is 5.91 Å². The Balaban J connectivity index is 1.93. The monoisotopic (exact) mass is 278 g/mol. The average molecular weight is 278 g/mol. The second-order valence-corrected chi connectivity index (χ2v) is 4.51. The third-order valence-electron chi connectivity index (χ3n) is 3.17. The lowest BCUT2D eigenvalue weighted by molar-refractivity contribution is 0.102. The summed E-state index contributed by atoms with van der Waals surface area (Å²) in [5.41, 5.74) is 1.09. The van der Waals surface area contributed by atoms with Gasteiger partial charge in [-0.25, -0.2) is 4.98 Å². The Bertz CT molecular complexity index is 796. The predicted molar refractivity (Wildman–Crippen MR) is 83.5 cm³/mol. The number of carbonyl (C=O) groups is 1. The molecule has 5 heteroatoms. The molecule has 104 valence electrons. The van der Waals surface area contributed by atoms with E-state index in [9.17, 15) is 4.79 Å². The molecule has 3 aromatic rings. The van der Waals surface area contributed by atoms with Gasteiger partial charge in [-0.15, -0.1) is 0 Å². The van der Waals surface area contributed by atoms with E-state index in [2.05, 4.69) is 20.6 Å². The second-order valence-electron chi connectivity index (χ2n) is 4.51. The minimum atomic E-state index is -0.247. The lowest BCUT2D eigenvalue weighted by Gasteiger charge is -2.08. The Morgan fingerprint density at radius 2 is 1.95 bits per heavy atom. The minimum Gasteiger partial charge on any atom is -0.373 e. The minimum absolute atomic E-state index is 0.247. The summed E-state index contributed by atoms with van der Waals surface area (Å²) in [7, 11) is 1.76. The molecule has 0 bridgehead atoms. The van der Waals surface area contributed by atoms with Gasteiger partial charge in [0, 0.05) is 24.8 Å². The summed E-state index contributed by atoms with van der Waals surface area (Å²) in [5.74, 6) is 0.408. The van der Waals surface area contributed by atoms with E-state index < -0.39 is 0 Å². The molecule has 0 unspecified atom stereocenters. The van der Waals surface area contributed by atoms with Crippen LogP contribution < -0.4 is 10.6 Å². The Kier molecular flexibility index (Phi) is 3.47. The van der Waals surface area contributed by atoms with Crippen LogP contribution in [0.25, 0.3) is 10.8 Å². The normalized spacial score (nSPS) is 10.3. The highest BCUT2D eigenvalue weighted by molar-refractivity contribution is 6.08. The fourth-order valence-corrected chi connectivity index (χ4v) is 2.11. The molecule has 0 fully saturated rings. The first kappa shape index (κ1) is 13.1. The summed E-state index contributed by atoms with van der Waals surface area (Å²) in [4.78, 5) is 20.6. The standard InChI is InChI=1S/C16H14N4O/c1-17-15-7-3-6-14(19-15)16(21)20-13-5-2-4-11-8-9-18-10-12(11)13/h2-10H,1H3,(H,17,19)(H,20,21). The number of hydrogen-bond acceptors (Lipinski definition) is 4. The zero-order chi connectivity index (χ0) is 14.7. The highest BCUT2D eigenvalue weighted by Crippen LogP contribution is 2.22. The molecule has 0 aliphatic rings. The van der Waals surface area contributed by atoms with Crippen LogP contribution in [0.1, 0.15) is 10.5 Å². The van der Waals surface area contributed by atoms with Crippen molar-refractivity contribution in [2.24, 2.45) is 0 Å². The number of aromatic nitrogens is 2. The molecule has 1 amide bonds. The number of rotatable bonds is 3. The molecule has 0 saturated carbocycles. The molecule has 0 radical (unpaired) electrons.